The van der Waals surface area contributed by atoms with Gasteiger partial charge in [0, 0.05) is 18.3 Å². The maximum Gasteiger partial charge on any atom is 0.0195 e. The molecule has 2 unspecified atom stereocenters. The Labute approximate surface area is 278 Å². The van der Waals surface area contributed by atoms with E-state index in [4.69, 9.17) is 0 Å². The van der Waals surface area contributed by atoms with E-state index in [1.165, 1.54) is 79.6 Å². The highest BCUT2D eigenvalue weighted by Gasteiger charge is 2.47. The van der Waals surface area contributed by atoms with E-state index < -0.39 is 8.07 Å². The van der Waals surface area contributed by atoms with Gasteiger partial charge in [-0.25, -0.2) is 0 Å². The summed E-state index contributed by atoms with van der Waals surface area (Å²) in [5.74, 6) is 6.80. The smallest absolute Gasteiger partial charge is 0.0195 e. The van der Waals surface area contributed by atoms with E-state index in [0.717, 1.165) is 12.8 Å². The molecular weight excluding hydrogens is 569 g/mol. The number of hydrogen-bond donors (Lipinski definition) is 0. The molecule has 1 heteroatoms. The fourth-order valence-corrected chi connectivity index (χ4v) is 14.4. The Hall–Kier alpha value is -3.86. The molecule has 4 aromatic carbocycles. The lowest BCUT2D eigenvalue weighted by Crippen LogP contribution is -2.54. The van der Waals surface area contributed by atoms with Crippen molar-refractivity contribution in [3.63, 3.8) is 0 Å². The average molecular weight is 617 g/mol. The summed E-state index contributed by atoms with van der Waals surface area (Å²) < 4.78 is 0. The zero-order valence-electron chi connectivity index (χ0n) is 29.1. The van der Waals surface area contributed by atoms with Crippen LogP contribution >= 0.6 is 0 Å². The lowest BCUT2D eigenvalue weighted by Gasteiger charge is -2.57. The fourth-order valence-electron chi connectivity index (χ4n) is 9.53. The highest BCUT2D eigenvalue weighted by molar-refractivity contribution is 6.83. The Morgan fingerprint density at radius 3 is 2.04 bits per heavy atom. The van der Waals surface area contributed by atoms with Crippen molar-refractivity contribution < 1.29 is 0 Å². The van der Waals surface area contributed by atoms with Crippen molar-refractivity contribution in [3.05, 3.63) is 129 Å². The van der Waals surface area contributed by atoms with Gasteiger partial charge in [-0.1, -0.05) is 150 Å². The molecule has 0 saturated carbocycles. The van der Waals surface area contributed by atoms with Crippen molar-refractivity contribution in [1.82, 2.24) is 0 Å². The van der Waals surface area contributed by atoms with Crippen LogP contribution in [0.4, 0.5) is 0 Å². The zero-order valence-corrected chi connectivity index (χ0v) is 30.1. The SMILES string of the molecule is CCCC1(c2ccc(-c3cccc4c3C(C)=C(C)C4(C)[Si-](C)(C)C3C(C)=Cc4c(-c5ccc(C)cc5)cccc43)cc2)CC#CC1. The number of allylic oxidation sites excluding steroid dienone is 3. The van der Waals surface area contributed by atoms with Crippen molar-refractivity contribution in [2.45, 2.75) is 96.3 Å². The molecule has 3 aliphatic carbocycles. The van der Waals surface area contributed by atoms with Crippen molar-refractivity contribution in [2.75, 3.05) is 0 Å². The molecule has 0 aliphatic heterocycles. The molecule has 7 rings (SSSR count). The van der Waals surface area contributed by atoms with Crippen LogP contribution in [-0.2, 0) is 10.5 Å². The summed E-state index contributed by atoms with van der Waals surface area (Å²) in [5, 5.41) is 0.00990. The molecule has 46 heavy (non-hydrogen) atoms. The quantitative estimate of drug-likeness (QED) is 0.143. The normalized spacial score (nSPS) is 21.1. The van der Waals surface area contributed by atoms with E-state index in [9.17, 15) is 0 Å². The standard InChI is InChI=1S/C45H48Si/c1-9-26-45(27-10-11-28-45)36-24-22-35(23-25-36)38-15-13-17-41-42(38)32(4)33(5)44(41,6)46(7,8)43-31(3)29-40-37(14-12-16-39(40)43)34-20-18-30(2)19-21-34/h12-25,29,43H,9,26-28H2,1-8H3/q-1. The third kappa shape index (κ3) is 4.40. The maximum absolute atomic E-state index is 3.40. The van der Waals surface area contributed by atoms with Gasteiger partial charge in [0.1, 0.15) is 0 Å². The molecular formula is C45H48Si-. The summed E-state index contributed by atoms with van der Waals surface area (Å²) in [6.45, 7) is 19.6. The Kier molecular flexibility index (Phi) is 7.45. The average Bonchev–Trinajstić information content (AvgIpc) is 3.73. The van der Waals surface area contributed by atoms with E-state index >= 15 is 0 Å². The van der Waals surface area contributed by atoms with E-state index in [1.807, 2.05) is 0 Å². The molecule has 0 N–H and O–H groups in total. The van der Waals surface area contributed by atoms with Crippen molar-refractivity contribution >= 4 is 19.7 Å². The molecule has 0 radical (unpaired) electrons. The van der Waals surface area contributed by atoms with Gasteiger partial charge in [-0.15, -0.1) is 19.9 Å². The van der Waals surface area contributed by atoms with Crippen molar-refractivity contribution in [1.29, 1.82) is 0 Å². The van der Waals surface area contributed by atoms with Gasteiger partial charge >= 0.3 is 0 Å². The van der Waals surface area contributed by atoms with Gasteiger partial charge in [0.2, 0.25) is 0 Å². The van der Waals surface area contributed by atoms with Gasteiger partial charge in [0.25, 0.3) is 0 Å². The summed E-state index contributed by atoms with van der Waals surface area (Å²) >= 11 is 0. The topological polar surface area (TPSA) is 0 Å². The first kappa shape index (κ1) is 30.8. The zero-order chi connectivity index (χ0) is 32.4. The summed E-state index contributed by atoms with van der Waals surface area (Å²) in [7, 11) is -2.07. The van der Waals surface area contributed by atoms with Crippen LogP contribution in [0.3, 0.4) is 0 Å². The molecule has 0 spiro atoms. The Morgan fingerprint density at radius 1 is 0.761 bits per heavy atom. The summed E-state index contributed by atoms with van der Waals surface area (Å²) in [4.78, 5) is 0. The monoisotopic (exact) mass is 616 g/mol. The summed E-state index contributed by atoms with van der Waals surface area (Å²) in [6.07, 6.45) is 6.87. The van der Waals surface area contributed by atoms with Gasteiger partial charge in [-0.05, 0) is 78.6 Å². The van der Waals surface area contributed by atoms with Crippen LogP contribution in [-0.4, -0.2) is 8.07 Å². The minimum Gasteiger partial charge on any atom is -0.167 e. The predicted octanol–water partition coefficient (Wildman–Crippen LogP) is 12.2. The second-order valence-corrected chi connectivity index (χ2v) is 20.2. The van der Waals surface area contributed by atoms with Gasteiger partial charge in [-0.2, -0.15) is 13.1 Å². The highest BCUT2D eigenvalue weighted by Crippen LogP contribution is 2.59. The second kappa shape index (κ2) is 11.1. The number of rotatable bonds is 7. The van der Waals surface area contributed by atoms with E-state index in [1.54, 1.807) is 5.57 Å². The van der Waals surface area contributed by atoms with E-state index in [2.05, 4.69) is 157 Å². The third-order valence-electron chi connectivity index (χ3n) is 12.5. The lowest BCUT2D eigenvalue weighted by molar-refractivity contribution is 0.419. The number of benzene rings is 4. The van der Waals surface area contributed by atoms with Crippen LogP contribution < -0.4 is 0 Å². The van der Waals surface area contributed by atoms with Crippen molar-refractivity contribution in [3.8, 4) is 34.1 Å². The summed E-state index contributed by atoms with van der Waals surface area (Å²) in [6, 6.07) is 32.8. The van der Waals surface area contributed by atoms with Crippen LogP contribution in [0.1, 0.15) is 99.2 Å². The molecule has 233 valence electrons. The molecule has 0 fully saturated rings. The van der Waals surface area contributed by atoms with Crippen molar-refractivity contribution in [2.24, 2.45) is 0 Å². The molecule has 3 aliphatic rings. The van der Waals surface area contributed by atoms with Gasteiger partial charge in [-0.3, -0.25) is 0 Å². The third-order valence-corrected chi connectivity index (χ3v) is 17.9. The van der Waals surface area contributed by atoms with E-state index in [0.29, 0.717) is 5.54 Å². The van der Waals surface area contributed by atoms with Gasteiger partial charge in [0.05, 0.1) is 0 Å². The van der Waals surface area contributed by atoms with Crippen LogP contribution in [0.15, 0.2) is 96.1 Å². The first-order valence-electron chi connectivity index (χ1n) is 17.3. The largest absolute Gasteiger partial charge is 0.167 e. The highest BCUT2D eigenvalue weighted by atomic mass is 28.3. The van der Waals surface area contributed by atoms with Crippen LogP contribution in [0, 0.1) is 18.8 Å². The van der Waals surface area contributed by atoms with Crippen LogP contribution in [0.25, 0.3) is 33.9 Å². The summed E-state index contributed by atoms with van der Waals surface area (Å²) in [5.41, 5.74) is 19.3. The second-order valence-electron chi connectivity index (χ2n) is 15.1. The fraction of sp³-hybridized carbons (Fsp3) is 0.333. The minimum atomic E-state index is -2.07. The first-order chi connectivity index (χ1) is 22.0. The number of fused-ring (bicyclic) bond motifs is 2. The molecule has 0 heterocycles. The van der Waals surface area contributed by atoms with Crippen LogP contribution in [0.2, 0.25) is 13.1 Å². The Bertz CT molecular complexity index is 1960. The number of hydrogen-bond acceptors (Lipinski definition) is 0. The molecule has 2 atom stereocenters. The van der Waals surface area contributed by atoms with Gasteiger partial charge < -0.3 is 0 Å². The number of aryl methyl sites for hydroxylation is 1. The van der Waals surface area contributed by atoms with E-state index in [-0.39, 0.29) is 10.5 Å². The Balaban J connectivity index is 1.30. The molecule has 0 bridgehead atoms. The predicted molar refractivity (Wildman–Crippen MR) is 202 cm³/mol. The minimum absolute atomic E-state index is 0.00990. The molecule has 4 aromatic rings. The van der Waals surface area contributed by atoms with Gasteiger partial charge in [0.15, 0.2) is 0 Å². The molecule has 0 amide bonds. The molecule has 0 nitrogen and oxygen atoms in total. The maximum atomic E-state index is 3.40. The lowest BCUT2D eigenvalue weighted by atomic mass is 9.74. The molecule has 0 aromatic heterocycles. The Morgan fingerprint density at radius 2 is 1.37 bits per heavy atom. The van der Waals surface area contributed by atoms with Crippen LogP contribution in [0.5, 0.6) is 0 Å². The first-order valence-corrected chi connectivity index (χ1v) is 20.4. The molecule has 0 saturated heterocycles.